The molecule has 3 aromatic rings. The molecule has 0 saturated heterocycles. The van der Waals surface area contributed by atoms with Gasteiger partial charge < -0.3 is 10.5 Å². The van der Waals surface area contributed by atoms with Crippen LogP contribution in [0.1, 0.15) is 53.7 Å². The van der Waals surface area contributed by atoms with Gasteiger partial charge in [0.15, 0.2) is 5.78 Å². The number of hydrogen-bond acceptors (Lipinski definition) is 5. The van der Waals surface area contributed by atoms with Gasteiger partial charge in [0, 0.05) is 30.4 Å². The molecule has 1 aromatic carbocycles. The van der Waals surface area contributed by atoms with Crippen LogP contribution in [0.4, 0.5) is 8.78 Å². The number of ether oxygens (including phenoxy) is 1. The van der Waals surface area contributed by atoms with Gasteiger partial charge in [-0.3, -0.25) is 9.78 Å². The first kappa shape index (κ1) is 23.0. The summed E-state index contributed by atoms with van der Waals surface area (Å²) in [4.78, 5) is 21.5. The number of rotatable bonds is 6. The molecule has 4 rings (SSSR count). The Morgan fingerprint density at radius 1 is 1.12 bits per heavy atom. The largest absolute Gasteiger partial charge is 0.497 e. The fraction of sp³-hybridized carbons (Fsp3) is 0.346. The quantitative estimate of drug-likeness (QED) is 0.529. The zero-order chi connectivity index (χ0) is 23.5. The van der Waals surface area contributed by atoms with E-state index in [-0.39, 0.29) is 41.1 Å². The normalized spacial score (nSPS) is 20.5. The fourth-order valence-electron chi connectivity index (χ4n) is 4.76. The summed E-state index contributed by atoms with van der Waals surface area (Å²) < 4.78 is 34.1. The summed E-state index contributed by atoms with van der Waals surface area (Å²) in [6, 6.07) is 8.54. The number of carbonyl (C=O) groups excluding carboxylic acids is 1. The molecule has 1 aliphatic rings. The third kappa shape index (κ3) is 5.09. The van der Waals surface area contributed by atoms with Crippen LogP contribution in [0.2, 0.25) is 0 Å². The van der Waals surface area contributed by atoms with E-state index in [2.05, 4.69) is 16.9 Å². The molecule has 3 atom stereocenters. The van der Waals surface area contributed by atoms with Crippen molar-refractivity contribution in [1.29, 1.82) is 0 Å². The van der Waals surface area contributed by atoms with Gasteiger partial charge in [-0.25, -0.2) is 13.8 Å². The Kier molecular flexibility index (Phi) is 6.79. The van der Waals surface area contributed by atoms with E-state index in [0.29, 0.717) is 11.7 Å². The van der Waals surface area contributed by atoms with Gasteiger partial charge in [0.1, 0.15) is 28.8 Å². The molecule has 1 fully saturated rings. The lowest BCUT2D eigenvalue weighted by molar-refractivity contribution is 0.0987. The average Bonchev–Trinajstić information content (AvgIpc) is 2.79. The van der Waals surface area contributed by atoms with Crippen molar-refractivity contribution in [1.82, 2.24) is 9.97 Å². The Hall–Kier alpha value is -3.19. The highest BCUT2D eigenvalue weighted by Crippen LogP contribution is 2.37. The van der Waals surface area contributed by atoms with Crippen LogP contribution < -0.4 is 10.5 Å². The number of nitrogens with zero attached hydrogens (tertiary/aromatic N) is 2. The maximum Gasteiger partial charge on any atom is 0.185 e. The van der Waals surface area contributed by atoms with Crippen molar-refractivity contribution in [2.45, 2.75) is 44.6 Å². The maximum atomic E-state index is 14.5. The van der Waals surface area contributed by atoms with E-state index < -0.39 is 11.6 Å². The van der Waals surface area contributed by atoms with E-state index in [0.717, 1.165) is 36.5 Å². The number of benzene rings is 1. The Bertz CT molecular complexity index is 1160. The zero-order valence-corrected chi connectivity index (χ0v) is 18.7. The van der Waals surface area contributed by atoms with Crippen molar-refractivity contribution in [2.24, 2.45) is 11.7 Å². The molecule has 2 heterocycles. The molecule has 1 aliphatic carbocycles. The SMILES string of the molecule is COc1ccc(F)c(-c2nc(C(=O)Cc3cnccc3[C@@H]3C[C@H](C)C[C@H](N)C3)ccc2F)c1. The van der Waals surface area contributed by atoms with Crippen LogP contribution in [0.25, 0.3) is 11.3 Å². The van der Waals surface area contributed by atoms with Crippen LogP contribution in [0.15, 0.2) is 48.8 Å². The standard InChI is InChI=1S/C26H27F2N3O2/c1-15-9-16(11-18(29)10-15)20-7-8-30-14-17(20)12-25(32)24-6-5-23(28)26(31-24)21-13-19(33-2)3-4-22(21)27/h3-8,13-16,18H,9-12,29H2,1-2H3/t15-,16+,18-/m0/s1. The summed E-state index contributed by atoms with van der Waals surface area (Å²) >= 11 is 0. The van der Waals surface area contributed by atoms with Crippen LogP contribution in [0.3, 0.4) is 0 Å². The predicted molar refractivity (Wildman–Crippen MR) is 122 cm³/mol. The highest BCUT2D eigenvalue weighted by molar-refractivity contribution is 5.96. The van der Waals surface area contributed by atoms with Gasteiger partial charge >= 0.3 is 0 Å². The molecule has 0 aliphatic heterocycles. The minimum Gasteiger partial charge on any atom is -0.497 e. The van der Waals surface area contributed by atoms with Crippen LogP contribution in [0.5, 0.6) is 5.75 Å². The molecule has 7 heteroatoms. The fourth-order valence-corrected chi connectivity index (χ4v) is 4.76. The molecule has 5 nitrogen and oxygen atoms in total. The van der Waals surface area contributed by atoms with Gasteiger partial charge in [0.05, 0.1) is 7.11 Å². The topological polar surface area (TPSA) is 78.1 Å². The van der Waals surface area contributed by atoms with Crippen molar-refractivity contribution in [3.63, 3.8) is 0 Å². The summed E-state index contributed by atoms with van der Waals surface area (Å²) in [7, 11) is 1.44. The Labute approximate surface area is 192 Å². The predicted octanol–water partition coefficient (Wildman–Crippen LogP) is 5.09. The smallest absolute Gasteiger partial charge is 0.185 e. The lowest BCUT2D eigenvalue weighted by atomic mass is 9.75. The van der Waals surface area contributed by atoms with E-state index in [1.807, 2.05) is 6.07 Å². The van der Waals surface area contributed by atoms with E-state index in [4.69, 9.17) is 10.5 Å². The first-order valence-electron chi connectivity index (χ1n) is 11.1. The summed E-state index contributed by atoms with van der Waals surface area (Å²) in [5.41, 5.74) is 7.91. The minimum absolute atomic E-state index is 0.0613. The maximum absolute atomic E-state index is 14.5. The molecule has 0 bridgehead atoms. The molecule has 1 saturated carbocycles. The van der Waals surface area contributed by atoms with Gasteiger partial charge in [0.2, 0.25) is 0 Å². The summed E-state index contributed by atoms with van der Waals surface area (Å²) in [6.45, 7) is 2.19. The first-order chi connectivity index (χ1) is 15.9. The highest BCUT2D eigenvalue weighted by Gasteiger charge is 2.27. The Morgan fingerprint density at radius 3 is 2.67 bits per heavy atom. The van der Waals surface area contributed by atoms with Crippen molar-refractivity contribution in [3.05, 3.63) is 77.2 Å². The van der Waals surface area contributed by atoms with Crippen LogP contribution in [0, 0.1) is 17.6 Å². The molecule has 0 radical (unpaired) electrons. The summed E-state index contributed by atoms with van der Waals surface area (Å²) in [6.07, 6.45) is 6.37. The monoisotopic (exact) mass is 451 g/mol. The number of halogens is 2. The number of ketones is 1. The van der Waals surface area contributed by atoms with Crippen molar-refractivity contribution in [2.75, 3.05) is 7.11 Å². The van der Waals surface area contributed by atoms with Crippen molar-refractivity contribution >= 4 is 5.78 Å². The molecule has 2 N–H and O–H groups in total. The van der Waals surface area contributed by atoms with Crippen LogP contribution >= 0.6 is 0 Å². The minimum atomic E-state index is -0.717. The van der Waals surface area contributed by atoms with E-state index in [9.17, 15) is 13.6 Å². The Balaban J connectivity index is 1.63. The molecule has 0 amide bonds. The molecule has 33 heavy (non-hydrogen) atoms. The van der Waals surface area contributed by atoms with Crippen LogP contribution in [-0.2, 0) is 6.42 Å². The molecule has 0 unspecified atom stereocenters. The van der Waals surface area contributed by atoms with Crippen molar-refractivity contribution in [3.8, 4) is 17.0 Å². The zero-order valence-electron chi connectivity index (χ0n) is 18.7. The summed E-state index contributed by atoms with van der Waals surface area (Å²) in [5.74, 6) is -0.520. The van der Waals surface area contributed by atoms with Gasteiger partial charge in [-0.1, -0.05) is 6.92 Å². The van der Waals surface area contributed by atoms with Gasteiger partial charge in [-0.05, 0) is 78.6 Å². The third-order valence-corrected chi connectivity index (χ3v) is 6.27. The molecule has 172 valence electrons. The Morgan fingerprint density at radius 2 is 1.91 bits per heavy atom. The second-order valence-electron chi connectivity index (χ2n) is 8.82. The highest BCUT2D eigenvalue weighted by atomic mass is 19.1. The number of nitrogens with two attached hydrogens (primary N) is 1. The van der Waals surface area contributed by atoms with Crippen molar-refractivity contribution < 1.29 is 18.3 Å². The number of pyridine rings is 2. The first-order valence-corrected chi connectivity index (χ1v) is 11.1. The van der Waals surface area contributed by atoms with E-state index in [1.165, 1.54) is 31.4 Å². The molecule has 2 aromatic heterocycles. The lowest BCUT2D eigenvalue weighted by Crippen LogP contribution is -2.31. The molecular formula is C26H27F2N3O2. The molecular weight excluding hydrogens is 424 g/mol. The van der Waals surface area contributed by atoms with E-state index >= 15 is 0 Å². The second-order valence-corrected chi connectivity index (χ2v) is 8.82. The number of aromatic nitrogens is 2. The third-order valence-electron chi connectivity index (χ3n) is 6.27. The van der Waals surface area contributed by atoms with Gasteiger partial charge in [-0.15, -0.1) is 0 Å². The summed E-state index contributed by atoms with van der Waals surface area (Å²) in [5, 5.41) is 0. The number of methoxy groups -OCH3 is 1. The lowest BCUT2D eigenvalue weighted by Gasteiger charge is -2.32. The van der Waals surface area contributed by atoms with E-state index in [1.54, 1.807) is 12.4 Å². The second kappa shape index (κ2) is 9.75. The van der Waals surface area contributed by atoms with Gasteiger partial charge in [0.25, 0.3) is 0 Å². The van der Waals surface area contributed by atoms with Gasteiger partial charge in [-0.2, -0.15) is 0 Å². The molecule has 0 spiro atoms. The number of Topliss-reactive ketones (excluding diaryl/α,β-unsaturated/α-hetero) is 1. The van der Waals surface area contributed by atoms with Crippen LogP contribution in [-0.4, -0.2) is 28.9 Å². The number of carbonyl (C=O) groups is 1. The average molecular weight is 452 g/mol. The number of hydrogen-bond donors (Lipinski definition) is 1.